The Bertz CT molecular complexity index is 1120. The molecule has 7 heteroatoms. The summed E-state index contributed by atoms with van der Waals surface area (Å²) in [6.07, 6.45) is 0.441. The maximum Gasteiger partial charge on any atom is 0.254 e. The smallest absolute Gasteiger partial charge is 0.254 e. The van der Waals surface area contributed by atoms with Crippen LogP contribution in [-0.2, 0) is 6.42 Å². The van der Waals surface area contributed by atoms with Gasteiger partial charge in [0.05, 0.1) is 0 Å². The molecule has 0 unspecified atom stereocenters. The average molecular weight is 426 g/mol. The van der Waals surface area contributed by atoms with Crippen LogP contribution in [0.1, 0.15) is 22.6 Å². The highest BCUT2D eigenvalue weighted by molar-refractivity contribution is 9.10. The molecule has 0 fully saturated rings. The highest BCUT2D eigenvalue weighted by Gasteiger charge is 2.14. The number of hydrogen-bond donors (Lipinski definition) is 1. The molecule has 27 heavy (non-hydrogen) atoms. The molecule has 0 aliphatic heterocycles. The second-order valence-electron chi connectivity index (χ2n) is 6.35. The van der Waals surface area contributed by atoms with E-state index in [9.17, 15) is 4.39 Å². The predicted molar refractivity (Wildman–Crippen MR) is 107 cm³/mol. The van der Waals surface area contributed by atoms with Gasteiger partial charge in [0.2, 0.25) is 0 Å². The largest absolute Gasteiger partial charge is 0.340 e. The molecule has 2 aromatic carbocycles. The summed E-state index contributed by atoms with van der Waals surface area (Å²) in [5, 5.41) is 8.01. The van der Waals surface area contributed by atoms with Gasteiger partial charge in [0.15, 0.2) is 5.82 Å². The van der Waals surface area contributed by atoms with E-state index in [1.54, 1.807) is 10.6 Å². The Hall–Kier alpha value is -2.80. The Morgan fingerprint density at radius 3 is 2.59 bits per heavy atom. The minimum atomic E-state index is -0.265. The number of anilines is 2. The van der Waals surface area contributed by atoms with Crippen LogP contribution in [0.15, 0.2) is 53.0 Å². The Labute approximate surface area is 164 Å². The van der Waals surface area contributed by atoms with E-state index < -0.39 is 0 Å². The van der Waals surface area contributed by atoms with Gasteiger partial charge < -0.3 is 5.32 Å². The lowest BCUT2D eigenvalue weighted by atomic mass is 10.1. The first kappa shape index (κ1) is 17.6. The van der Waals surface area contributed by atoms with Crippen molar-refractivity contribution in [3.63, 3.8) is 0 Å². The minimum Gasteiger partial charge on any atom is -0.340 e. The molecular weight excluding hydrogens is 409 g/mol. The van der Waals surface area contributed by atoms with Gasteiger partial charge in [-0.1, -0.05) is 28.1 Å². The summed E-state index contributed by atoms with van der Waals surface area (Å²) >= 11 is 3.44. The molecular formula is C20H17BrFN5. The van der Waals surface area contributed by atoms with E-state index in [2.05, 4.69) is 36.3 Å². The molecule has 0 aliphatic carbocycles. The van der Waals surface area contributed by atoms with E-state index in [1.807, 2.05) is 44.2 Å². The number of aromatic nitrogens is 4. The molecule has 1 N–H and O–H groups in total. The first-order valence-electron chi connectivity index (χ1n) is 8.49. The lowest BCUT2D eigenvalue weighted by molar-refractivity contribution is 0.625. The first-order valence-corrected chi connectivity index (χ1v) is 9.29. The van der Waals surface area contributed by atoms with Crippen LogP contribution < -0.4 is 5.32 Å². The Kier molecular flexibility index (Phi) is 4.61. The molecule has 0 bridgehead atoms. The summed E-state index contributed by atoms with van der Waals surface area (Å²) in [4.78, 5) is 9.07. The molecule has 5 nitrogen and oxygen atoms in total. The van der Waals surface area contributed by atoms with Crippen LogP contribution >= 0.6 is 15.9 Å². The molecule has 0 radical (unpaired) electrons. The maximum absolute atomic E-state index is 13.4. The highest BCUT2D eigenvalue weighted by Crippen LogP contribution is 2.24. The number of nitrogens with one attached hydrogen (secondary N) is 1. The first-order chi connectivity index (χ1) is 13.0. The summed E-state index contributed by atoms with van der Waals surface area (Å²) in [5.41, 5.74) is 3.64. The summed E-state index contributed by atoms with van der Waals surface area (Å²) in [6.45, 7) is 3.94. The van der Waals surface area contributed by atoms with Gasteiger partial charge in [-0.2, -0.15) is 9.50 Å². The van der Waals surface area contributed by atoms with Crippen LogP contribution in [0.25, 0.3) is 5.78 Å². The standard InChI is InChI=1S/C20H17BrFN5/c1-12-13(2)23-20-25-18(11-14-4-3-5-16(22)10-14)26-27(20)19(12)24-17-8-6-15(21)7-9-17/h3-10,24H,11H2,1-2H3. The molecule has 0 saturated heterocycles. The zero-order chi connectivity index (χ0) is 19.0. The van der Waals surface area contributed by atoms with Crippen molar-refractivity contribution < 1.29 is 4.39 Å². The number of hydrogen-bond acceptors (Lipinski definition) is 4. The van der Waals surface area contributed by atoms with Gasteiger partial charge in [0, 0.05) is 27.8 Å². The van der Waals surface area contributed by atoms with Gasteiger partial charge in [0.1, 0.15) is 11.6 Å². The topological polar surface area (TPSA) is 55.1 Å². The van der Waals surface area contributed by atoms with Crippen LogP contribution in [0.2, 0.25) is 0 Å². The molecule has 0 aliphatic rings. The van der Waals surface area contributed by atoms with Gasteiger partial charge in [-0.25, -0.2) is 9.37 Å². The van der Waals surface area contributed by atoms with Crippen LogP contribution in [0, 0.1) is 19.7 Å². The van der Waals surface area contributed by atoms with Crippen molar-refractivity contribution >= 4 is 33.2 Å². The van der Waals surface area contributed by atoms with Crippen LogP contribution in [-0.4, -0.2) is 19.6 Å². The molecule has 0 amide bonds. The quantitative estimate of drug-likeness (QED) is 0.500. The maximum atomic E-state index is 13.4. The van der Waals surface area contributed by atoms with Crippen LogP contribution in [0.3, 0.4) is 0 Å². The Morgan fingerprint density at radius 2 is 1.85 bits per heavy atom. The minimum absolute atomic E-state index is 0.265. The van der Waals surface area contributed by atoms with Crippen LogP contribution in [0.5, 0.6) is 0 Å². The van der Waals surface area contributed by atoms with E-state index in [0.717, 1.165) is 32.8 Å². The number of fused-ring (bicyclic) bond motifs is 1. The third-order valence-electron chi connectivity index (χ3n) is 4.37. The van der Waals surface area contributed by atoms with Crippen molar-refractivity contribution in [1.82, 2.24) is 19.6 Å². The monoisotopic (exact) mass is 425 g/mol. The van der Waals surface area contributed by atoms with E-state index in [-0.39, 0.29) is 5.82 Å². The molecule has 0 spiro atoms. The number of aryl methyl sites for hydroxylation is 1. The van der Waals surface area contributed by atoms with E-state index in [0.29, 0.717) is 18.0 Å². The van der Waals surface area contributed by atoms with E-state index in [1.165, 1.54) is 12.1 Å². The van der Waals surface area contributed by atoms with Gasteiger partial charge in [-0.05, 0) is 55.8 Å². The molecule has 0 saturated carbocycles. The second kappa shape index (κ2) is 7.08. The van der Waals surface area contributed by atoms with Crippen LogP contribution in [0.4, 0.5) is 15.9 Å². The fourth-order valence-electron chi connectivity index (χ4n) is 2.85. The lowest BCUT2D eigenvalue weighted by Crippen LogP contribution is -2.06. The number of halogens is 2. The second-order valence-corrected chi connectivity index (χ2v) is 7.26. The van der Waals surface area contributed by atoms with Gasteiger partial charge in [0.25, 0.3) is 5.78 Å². The number of nitrogens with zero attached hydrogens (tertiary/aromatic N) is 4. The summed E-state index contributed by atoms with van der Waals surface area (Å²) in [7, 11) is 0. The van der Waals surface area contributed by atoms with Gasteiger partial charge in [-0.3, -0.25) is 0 Å². The normalized spacial score (nSPS) is 11.1. The van der Waals surface area contributed by atoms with E-state index >= 15 is 0 Å². The number of benzene rings is 2. The van der Waals surface area contributed by atoms with E-state index in [4.69, 9.17) is 0 Å². The summed E-state index contributed by atoms with van der Waals surface area (Å²) in [6, 6.07) is 14.4. The van der Waals surface area contributed by atoms with Crippen molar-refractivity contribution in [3.05, 3.63) is 81.5 Å². The summed E-state index contributed by atoms with van der Waals surface area (Å²) in [5.74, 6) is 1.66. The average Bonchev–Trinajstić information content (AvgIpc) is 3.02. The Balaban J connectivity index is 1.74. The molecule has 136 valence electrons. The third-order valence-corrected chi connectivity index (χ3v) is 4.90. The third kappa shape index (κ3) is 3.68. The SMILES string of the molecule is Cc1nc2nc(Cc3cccc(F)c3)nn2c(Nc2ccc(Br)cc2)c1C. The molecule has 0 atom stereocenters. The molecule has 4 aromatic rings. The van der Waals surface area contributed by atoms with Crippen molar-refractivity contribution in [3.8, 4) is 0 Å². The molecule has 2 heterocycles. The predicted octanol–water partition coefficient (Wildman–Crippen LogP) is 4.98. The highest BCUT2D eigenvalue weighted by atomic mass is 79.9. The lowest BCUT2D eigenvalue weighted by Gasteiger charge is -2.12. The summed E-state index contributed by atoms with van der Waals surface area (Å²) < 4.78 is 16.2. The van der Waals surface area contributed by atoms with Gasteiger partial charge in [-0.15, -0.1) is 5.10 Å². The van der Waals surface area contributed by atoms with Crippen molar-refractivity contribution in [2.24, 2.45) is 0 Å². The Morgan fingerprint density at radius 1 is 1.07 bits per heavy atom. The van der Waals surface area contributed by atoms with Crippen molar-refractivity contribution in [1.29, 1.82) is 0 Å². The van der Waals surface area contributed by atoms with Gasteiger partial charge >= 0.3 is 0 Å². The fourth-order valence-corrected chi connectivity index (χ4v) is 3.12. The van der Waals surface area contributed by atoms with Crippen molar-refractivity contribution in [2.75, 3.05) is 5.32 Å². The zero-order valence-corrected chi connectivity index (χ0v) is 16.5. The zero-order valence-electron chi connectivity index (χ0n) is 14.9. The molecule has 4 rings (SSSR count). The number of rotatable bonds is 4. The van der Waals surface area contributed by atoms with Crippen molar-refractivity contribution in [2.45, 2.75) is 20.3 Å². The fraction of sp³-hybridized carbons (Fsp3) is 0.150. The molecule has 2 aromatic heterocycles.